The molecular weight excluding hydrogens is 296 g/mol. The molecule has 114 valence electrons. The molecule has 8 heteroatoms. The van der Waals surface area contributed by atoms with Gasteiger partial charge in [-0.3, -0.25) is 4.98 Å². The summed E-state index contributed by atoms with van der Waals surface area (Å²) in [6.07, 6.45) is 4.74. The molecular formula is C13H16N2O5S. The third-order valence-electron chi connectivity index (χ3n) is 2.99. The summed E-state index contributed by atoms with van der Waals surface area (Å²) in [5.74, 6) is -1.11. The molecule has 1 atom stereocenters. The highest BCUT2D eigenvalue weighted by atomic mass is 32.2. The first-order valence-corrected chi connectivity index (χ1v) is 7.81. The molecule has 1 aliphatic heterocycles. The first-order valence-electron chi connectivity index (χ1n) is 6.37. The van der Waals surface area contributed by atoms with Gasteiger partial charge in [-0.05, 0) is 24.6 Å². The number of nitrogens with zero attached hydrogens (tertiary/aromatic N) is 2. The van der Waals surface area contributed by atoms with Gasteiger partial charge in [0.25, 0.3) is 0 Å². The van der Waals surface area contributed by atoms with Gasteiger partial charge in [0.1, 0.15) is 4.90 Å². The van der Waals surface area contributed by atoms with E-state index in [2.05, 4.69) is 4.98 Å². The summed E-state index contributed by atoms with van der Waals surface area (Å²) < 4.78 is 31.7. The van der Waals surface area contributed by atoms with E-state index in [1.54, 1.807) is 0 Å². The molecule has 0 saturated carbocycles. The molecule has 1 saturated heterocycles. The SMILES string of the molecule is CC1CN(S(=O)(=O)c2cncc(C=CC(=O)O)c2)CCO1. The number of hydrogen-bond donors (Lipinski definition) is 1. The summed E-state index contributed by atoms with van der Waals surface area (Å²) >= 11 is 0. The number of rotatable bonds is 4. The molecule has 21 heavy (non-hydrogen) atoms. The first-order chi connectivity index (χ1) is 9.89. The van der Waals surface area contributed by atoms with Crippen molar-refractivity contribution in [2.24, 2.45) is 0 Å². The standard InChI is InChI=1S/C13H16N2O5S/c1-10-9-15(4-5-20-10)21(18,19)12-6-11(7-14-8-12)2-3-13(16)17/h2-3,6-8,10H,4-5,9H2,1H3,(H,16,17). The van der Waals surface area contributed by atoms with Gasteiger partial charge in [-0.15, -0.1) is 0 Å². The minimum absolute atomic E-state index is 0.0455. The summed E-state index contributed by atoms with van der Waals surface area (Å²) in [4.78, 5) is 14.4. The minimum atomic E-state index is -3.65. The van der Waals surface area contributed by atoms with Gasteiger partial charge in [-0.2, -0.15) is 4.31 Å². The zero-order valence-corrected chi connectivity index (χ0v) is 12.3. The third kappa shape index (κ3) is 3.87. The average Bonchev–Trinajstić information content (AvgIpc) is 2.45. The van der Waals surface area contributed by atoms with Crippen LogP contribution < -0.4 is 0 Å². The molecule has 1 unspecified atom stereocenters. The number of morpholine rings is 1. The van der Waals surface area contributed by atoms with Crippen molar-refractivity contribution < 1.29 is 23.1 Å². The number of pyridine rings is 1. The number of carboxylic acid groups (broad SMARTS) is 1. The maximum Gasteiger partial charge on any atom is 0.328 e. The Balaban J connectivity index is 2.27. The molecule has 1 aliphatic rings. The van der Waals surface area contributed by atoms with E-state index in [4.69, 9.17) is 9.84 Å². The number of carbonyl (C=O) groups is 1. The second kappa shape index (κ2) is 6.33. The highest BCUT2D eigenvalue weighted by Crippen LogP contribution is 2.19. The predicted octanol–water partition coefficient (Wildman–Crippen LogP) is 0.589. The van der Waals surface area contributed by atoms with Gasteiger partial charge in [0, 0.05) is 31.6 Å². The average molecular weight is 312 g/mol. The van der Waals surface area contributed by atoms with Crippen LogP contribution in [-0.4, -0.2) is 54.6 Å². The zero-order chi connectivity index (χ0) is 15.5. The smallest absolute Gasteiger partial charge is 0.328 e. The summed E-state index contributed by atoms with van der Waals surface area (Å²) in [5.41, 5.74) is 0.416. The monoisotopic (exact) mass is 312 g/mol. The fraction of sp³-hybridized carbons (Fsp3) is 0.385. The Labute approximate surface area is 122 Å². The van der Waals surface area contributed by atoms with Gasteiger partial charge in [0.15, 0.2) is 0 Å². The van der Waals surface area contributed by atoms with Crippen molar-refractivity contribution in [3.63, 3.8) is 0 Å². The van der Waals surface area contributed by atoms with Crippen LogP contribution in [0, 0.1) is 0 Å². The van der Waals surface area contributed by atoms with E-state index in [1.165, 1.54) is 28.8 Å². The van der Waals surface area contributed by atoms with Gasteiger partial charge in [0.2, 0.25) is 10.0 Å². The van der Waals surface area contributed by atoms with Gasteiger partial charge in [-0.1, -0.05) is 0 Å². The van der Waals surface area contributed by atoms with Crippen molar-refractivity contribution in [2.75, 3.05) is 19.7 Å². The van der Waals surface area contributed by atoms with Gasteiger partial charge < -0.3 is 9.84 Å². The largest absolute Gasteiger partial charge is 0.478 e. The van der Waals surface area contributed by atoms with Crippen molar-refractivity contribution in [2.45, 2.75) is 17.9 Å². The number of ether oxygens (including phenoxy) is 1. The molecule has 1 aromatic rings. The number of aromatic nitrogens is 1. The number of aliphatic carboxylic acids is 1. The van der Waals surface area contributed by atoms with Crippen LogP contribution in [-0.2, 0) is 19.6 Å². The predicted molar refractivity (Wildman–Crippen MR) is 75.1 cm³/mol. The Bertz CT molecular complexity index is 656. The lowest BCUT2D eigenvalue weighted by Gasteiger charge is -2.30. The van der Waals surface area contributed by atoms with Crippen LogP contribution in [0.2, 0.25) is 0 Å². The van der Waals surface area contributed by atoms with E-state index in [-0.39, 0.29) is 17.5 Å². The van der Waals surface area contributed by atoms with Crippen molar-refractivity contribution >= 4 is 22.1 Å². The molecule has 0 radical (unpaired) electrons. The van der Waals surface area contributed by atoms with Crippen LogP contribution in [0.1, 0.15) is 12.5 Å². The van der Waals surface area contributed by atoms with Crippen molar-refractivity contribution in [1.29, 1.82) is 0 Å². The molecule has 0 bridgehead atoms. The summed E-state index contributed by atoms with van der Waals surface area (Å²) in [6.45, 7) is 2.75. The Morgan fingerprint density at radius 3 is 2.95 bits per heavy atom. The Morgan fingerprint density at radius 2 is 2.29 bits per heavy atom. The van der Waals surface area contributed by atoms with Gasteiger partial charge >= 0.3 is 5.97 Å². The maximum atomic E-state index is 12.5. The van der Waals surface area contributed by atoms with E-state index in [1.807, 2.05) is 6.92 Å². The second-order valence-corrected chi connectivity index (χ2v) is 6.61. The van der Waals surface area contributed by atoms with Crippen LogP contribution in [0.3, 0.4) is 0 Å². The topological polar surface area (TPSA) is 96.8 Å². The van der Waals surface area contributed by atoms with Crippen LogP contribution in [0.4, 0.5) is 0 Å². The normalized spacial score (nSPS) is 20.7. The van der Waals surface area contributed by atoms with E-state index in [9.17, 15) is 13.2 Å². The van der Waals surface area contributed by atoms with E-state index < -0.39 is 16.0 Å². The summed E-state index contributed by atoms with van der Waals surface area (Å²) in [5, 5.41) is 8.59. The Hall–Kier alpha value is -1.77. The molecule has 1 fully saturated rings. The third-order valence-corrected chi connectivity index (χ3v) is 4.82. The van der Waals surface area contributed by atoms with Crippen LogP contribution in [0.15, 0.2) is 29.4 Å². The minimum Gasteiger partial charge on any atom is -0.478 e. The zero-order valence-electron chi connectivity index (χ0n) is 11.5. The van der Waals surface area contributed by atoms with E-state index in [0.717, 1.165) is 6.08 Å². The van der Waals surface area contributed by atoms with Crippen molar-refractivity contribution in [3.8, 4) is 0 Å². The lowest BCUT2D eigenvalue weighted by atomic mass is 10.2. The molecule has 0 aromatic carbocycles. The van der Waals surface area contributed by atoms with Crippen LogP contribution in [0.25, 0.3) is 6.08 Å². The van der Waals surface area contributed by atoms with Crippen LogP contribution in [0.5, 0.6) is 0 Å². The molecule has 2 heterocycles. The Morgan fingerprint density at radius 1 is 1.52 bits per heavy atom. The van der Waals surface area contributed by atoms with E-state index in [0.29, 0.717) is 18.7 Å². The summed E-state index contributed by atoms with van der Waals surface area (Å²) in [7, 11) is -3.65. The fourth-order valence-electron chi connectivity index (χ4n) is 1.99. The second-order valence-electron chi connectivity index (χ2n) is 4.67. The highest BCUT2D eigenvalue weighted by Gasteiger charge is 2.29. The highest BCUT2D eigenvalue weighted by molar-refractivity contribution is 7.89. The Kier molecular flexibility index (Phi) is 4.71. The molecule has 1 aromatic heterocycles. The quantitative estimate of drug-likeness (QED) is 0.817. The number of hydrogen-bond acceptors (Lipinski definition) is 5. The maximum absolute atomic E-state index is 12.5. The molecule has 0 aliphatic carbocycles. The van der Waals surface area contributed by atoms with Gasteiger partial charge in [-0.25, -0.2) is 13.2 Å². The van der Waals surface area contributed by atoms with Crippen molar-refractivity contribution in [1.82, 2.24) is 9.29 Å². The molecule has 0 spiro atoms. The molecule has 1 N–H and O–H groups in total. The number of carboxylic acids is 1. The van der Waals surface area contributed by atoms with Gasteiger partial charge in [0.05, 0.1) is 12.7 Å². The molecule has 7 nitrogen and oxygen atoms in total. The molecule has 0 amide bonds. The summed E-state index contributed by atoms with van der Waals surface area (Å²) in [6, 6.07) is 1.40. The van der Waals surface area contributed by atoms with E-state index >= 15 is 0 Å². The number of sulfonamides is 1. The van der Waals surface area contributed by atoms with Crippen molar-refractivity contribution in [3.05, 3.63) is 30.1 Å². The first kappa shape index (κ1) is 15.6. The lowest BCUT2D eigenvalue weighted by molar-refractivity contribution is -0.131. The lowest BCUT2D eigenvalue weighted by Crippen LogP contribution is -2.44. The molecule has 2 rings (SSSR count). The van der Waals surface area contributed by atoms with Crippen LogP contribution >= 0.6 is 0 Å². The fourth-order valence-corrected chi connectivity index (χ4v) is 3.49.